The van der Waals surface area contributed by atoms with E-state index in [1.165, 1.54) is 17.4 Å². The quantitative estimate of drug-likeness (QED) is 0.834. The van der Waals surface area contributed by atoms with Crippen molar-refractivity contribution in [1.82, 2.24) is 4.98 Å². The molecule has 0 saturated heterocycles. The third kappa shape index (κ3) is 3.71. The molecule has 102 valence electrons. The Bertz CT molecular complexity index is 703. The number of thiazole rings is 1. The van der Waals surface area contributed by atoms with Crippen LogP contribution in [0.4, 0.5) is 5.13 Å². The second-order valence-corrected chi connectivity index (χ2v) is 5.46. The summed E-state index contributed by atoms with van der Waals surface area (Å²) >= 11 is 12.9. The van der Waals surface area contributed by atoms with Crippen LogP contribution in [-0.4, -0.2) is 17.4 Å². The van der Waals surface area contributed by atoms with Crippen molar-refractivity contribution in [2.24, 2.45) is 5.73 Å². The molecule has 0 fully saturated rings. The molecule has 2 aromatic rings. The average molecular weight is 326 g/mol. The normalized spacial score (nSPS) is 9.75. The van der Waals surface area contributed by atoms with Gasteiger partial charge in [0.25, 0.3) is 5.91 Å². The Morgan fingerprint density at radius 1 is 1.40 bits per heavy atom. The minimum atomic E-state index is -0.309. The fraction of sp³-hybridized carbons (Fsp3) is 0.0769. The summed E-state index contributed by atoms with van der Waals surface area (Å²) in [7, 11) is 0. The number of amides is 1. The molecule has 1 heterocycles. The Labute approximate surface area is 129 Å². The van der Waals surface area contributed by atoms with Crippen molar-refractivity contribution in [3.63, 3.8) is 0 Å². The van der Waals surface area contributed by atoms with Crippen LogP contribution in [0.25, 0.3) is 0 Å². The number of nitrogens with zero attached hydrogens (tertiary/aromatic N) is 1. The van der Waals surface area contributed by atoms with Gasteiger partial charge in [-0.2, -0.15) is 0 Å². The maximum Gasteiger partial charge on any atom is 0.257 e. The predicted octanol–water partition coefficient (Wildman–Crippen LogP) is 3.01. The number of nitrogens with two attached hydrogens (primary N) is 1. The van der Waals surface area contributed by atoms with E-state index < -0.39 is 0 Å². The highest BCUT2D eigenvalue weighted by atomic mass is 35.5. The molecule has 1 amide bonds. The highest BCUT2D eigenvalue weighted by Crippen LogP contribution is 2.23. The van der Waals surface area contributed by atoms with E-state index in [1.54, 1.807) is 18.3 Å². The molecule has 0 unspecified atom stereocenters. The zero-order chi connectivity index (χ0) is 14.5. The maximum atomic E-state index is 12.0. The summed E-state index contributed by atoms with van der Waals surface area (Å²) in [6.07, 6.45) is 1.58. The van der Waals surface area contributed by atoms with Crippen molar-refractivity contribution in [3.8, 4) is 11.8 Å². The first-order valence-corrected chi connectivity index (χ1v) is 7.08. The highest BCUT2D eigenvalue weighted by molar-refractivity contribution is 7.16. The molecule has 1 aromatic heterocycles. The molecule has 0 aliphatic heterocycles. The molecule has 0 aliphatic carbocycles. The second kappa shape index (κ2) is 6.73. The van der Waals surface area contributed by atoms with Crippen LogP contribution in [0.2, 0.25) is 10.0 Å². The van der Waals surface area contributed by atoms with Gasteiger partial charge in [0.2, 0.25) is 0 Å². The molecule has 0 atom stereocenters. The number of hydrogen-bond acceptors (Lipinski definition) is 4. The lowest BCUT2D eigenvalue weighted by Crippen LogP contribution is -2.11. The number of halogens is 2. The van der Waals surface area contributed by atoms with Gasteiger partial charge in [0.1, 0.15) is 0 Å². The Morgan fingerprint density at radius 3 is 2.90 bits per heavy atom. The largest absolute Gasteiger partial charge is 0.320 e. The molecule has 0 radical (unpaired) electrons. The Balaban J connectivity index is 2.11. The Hall–Kier alpha value is -1.58. The first-order chi connectivity index (χ1) is 9.60. The third-order valence-corrected chi connectivity index (χ3v) is 3.79. The van der Waals surface area contributed by atoms with Crippen molar-refractivity contribution >= 4 is 45.6 Å². The predicted molar refractivity (Wildman–Crippen MR) is 82.5 cm³/mol. The summed E-state index contributed by atoms with van der Waals surface area (Å²) in [5, 5.41) is 3.86. The molecule has 3 N–H and O–H groups in total. The van der Waals surface area contributed by atoms with Crippen molar-refractivity contribution in [2.75, 3.05) is 11.9 Å². The lowest BCUT2D eigenvalue weighted by atomic mass is 10.2. The number of aromatic nitrogens is 1. The fourth-order valence-corrected chi connectivity index (χ4v) is 2.32. The van der Waals surface area contributed by atoms with E-state index in [9.17, 15) is 4.79 Å². The zero-order valence-electron chi connectivity index (χ0n) is 10.1. The summed E-state index contributed by atoms with van der Waals surface area (Å²) in [6, 6.07) is 4.66. The second-order valence-electron chi connectivity index (χ2n) is 3.62. The highest BCUT2D eigenvalue weighted by Gasteiger charge is 2.10. The lowest BCUT2D eigenvalue weighted by molar-refractivity contribution is 0.102. The van der Waals surface area contributed by atoms with Crippen LogP contribution in [0.1, 0.15) is 15.2 Å². The van der Waals surface area contributed by atoms with Gasteiger partial charge in [-0.25, -0.2) is 4.98 Å². The molecule has 1 aromatic carbocycles. The number of anilines is 1. The van der Waals surface area contributed by atoms with Gasteiger partial charge in [0, 0.05) is 5.56 Å². The topological polar surface area (TPSA) is 68.0 Å². The molecule has 0 spiro atoms. The number of rotatable bonds is 2. The average Bonchev–Trinajstić information content (AvgIpc) is 2.87. The molecule has 0 aliphatic rings. The Kier molecular flexibility index (Phi) is 4.99. The third-order valence-electron chi connectivity index (χ3n) is 2.22. The van der Waals surface area contributed by atoms with Gasteiger partial charge in [-0.15, -0.1) is 0 Å². The van der Waals surface area contributed by atoms with Gasteiger partial charge in [-0.05, 0) is 18.2 Å². The van der Waals surface area contributed by atoms with Crippen LogP contribution in [0, 0.1) is 11.8 Å². The van der Waals surface area contributed by atoms with Gasteiger partial charge in [0.05, 0.1) is 27.7 Å². The SMILES string of the molecule is NCC#Cc1cnc(NC(=O)c2ccc(Cl)c(Cl)c2)s1. The molecular weight excluding hydrogens is 317 g/mol. The maximum absolute atomic E-state index is 12.0. The molecule has 0 bridgehead atoms. The molecule has 0 saturated carbocycles. The van der Waals surface area contributed by atoms with E-state index in [-0.39, 0.29) is 12.5 Å². The van der Waals surface area contributed by atoms with E-state index in [4.69, 9.17) is 28.9 Å². The summed E-state index contributed by atoms with van der Waals surface area (Å²) in [5.74, 6) is 5.26. The zero-order valence-corrected chi connectivity index (χ0v) is 12.4. The monoisotopic (exact) mass is 325 g/mol. The summed E-state index contributed by atoms with van der Waals surface area (Å²) in [5.41, 5.74) is 5.69. The summed E-state index contributed by atoms with van der Waals surface area (Å²) < 4.78 is 0. The minimum Gasteiger partial charge on any atom is -0.320 e. The van der Waals surface area contributed by atoms with Gasteiger partial charge in [0.15, 0.2) is 5.13 Å². The van der Waals surface area contributed by atoms with Gasteiger partial charge >= 0.3 is 0 Å². The van der Waals surface area contributed by atoms with Crippen molar-refractivity contribution in [2.45, 2.75) is 0 Å². The van der Waals surface area contributed by atoms with Crippen LogP contribution >= 0.6 is 34.5 Å². The number of hydrogen-bond donors (Lipinski definition) is 2. The van der Waals surface area contributed by atoms with Crippen molar-refractivity contribution in [1.29, 1.82) is 0 Å². The van der Waals surface area contributed by atoms with Crippen LogP contribution < -0.4 is 11.1 Å². The van der Waals surface area contributed by atoms with Gasteiger partial charge in [-0.3, -0.25) is 10.1 Å². The van der Waals surface area contributed by atoms with E-state index >= 15 is 0 Å². The van der Waals surface area contributed by atoms with Crippen LogP contribution in [0.3, 0.4) is 0 Å². The first kappa shape index (κ1) is 14.8. The van der Waals surface area contributed by atoms with E-state index in [0.29, 0.717) is 20.7 Å². The van der Waals surface area contributed by atoms with Gasteiger partial charge < -0.3 is 5.73 Å². The Morgan fingerprint density at radius 2 is 2.20 bits per heavy atom. The smallest absolute Gasteiger partial charge is 0.257 e. The minimum absolute atomic E-state index is 0.281. The number of carbonyl (C=O) groups is 1. The van der Waals surface area contributed by atoms with Crippen LogP contribution in [-0.2, 0) is 0 Å². The van der Waals surface area contributed by atoms with Crippen LogP contribution in [0.15, 0.2) is 24.4 Å². The van der Waals surface area contributed by atoms with E-state index in [0.717, 1.165) is 4.88 Å². The molecule has 7 heteroatoms. The lowest BCUT2D eigenvalue weighted by Gasteiger charge is -2.02. The van der Waals surface area contributed by atoms with Crippen molar-refractivity contribution < 1.29 is 4.79 Å². The fourth-order valence-electron chi connectivity index (χ4n) is 1.33. The van der Waals surface area contributed by atoms with E-state index in [2.05, 4.69) is 22.1 Å². The number of carbonyl (C=O) groups excluding carboxylic acids is 1. The standard InChI is InChI=1S/C13H9Cl2N3OS/c14-10-4-3-8(6-11(10)15)12(19)18-13-17-7-9(20-13)2-1-5-16/h3-4,6-7H,5,16H2,(H,17,18,19). The number of benzene rings is 1. The summed E-state index contributed by atoms with van der Waals surface area (Å²) in [6.45, 7) is 0.281. The van der Waals surface area contributed by atoms with Gasteiger partial charge in [-0.1, -0.05) is 46.4 Å². The molecule has 4 nitrogen and oxygen atoms in total. The van der Waals surface area contributed by atoms with Crippen molar-refractivity contribution in [3.05, 3.63) is 44.9 Å². The first-order valence-electron chi connectivity index (χ1n) is 5.51. The van der Waals surface area contributed by atoms with Crippen LogP contribution in [0.5, 0.6) is 0 Å². The number of nitrogens with one attached hydrogen (secondary N) is 1. The summed E-state index contributed by atoms with van der Waals surface area (Å²) in [4.78, 5) is 16.8. The molecule has 2 rings (SSSR count). The van der Waals surface area contributed by atoms with E-state index in [1.807, 2.05) is 0 Å². The molecule has 20 heavy (non-hydrogen) atoms. The molecular formula is C13H9Cl2N3OS.